The van der Waals surface area contributed by atoms with E-state index in [2.05, 4.69) is 10.6 Å². The van der Waals surface area contributed by atoms with Crippen molar-refractivity contribution in [2.75, 3.05) is 32.1 Å². The van der Waals surface area contributed by atoms with Gasteiger partial charge in [-0.2, -0.15) is 0 Å². The Morgan fingerprint density at radius 1 is 1.47 bits per heavy atom. The van der Waals surface area contributed by atoms with Crippen LogP contribution in [0.5, 0.6) is 0 Å². The SMILES string of the molecule is CNc1ccc(C)cc1C(=O)NCCC1CCOC1. The smallest absolute Gasteiger partial charge is 0.253 e. The highest BCUT2D eigenvalue weighted by Gasteiger charge is 2.16. The second kappa shape index (κ2) is 6.57. The summed E-state index contributed by atoms with van der Waals surface area (Å²) in [5, 5.41) is 6.05. The summed E-state index contributed by atoms with van der Waals surface area (Å²) in [5.74, 6) is 0.591. The van der Waals surface area contributed by atoms with Gasteiger partial charge in [0.15, 0.2) is 0 Å². The van der Waals surface area contributed by atoms with Crippen LogP contribution in [0.1, 0.15) is 28.8 Å². The van der Waals surface area contributed by atoms with E-state index in [1.807, 2.05) is 32.2 Å². The molecule has 0 radical (unpaired) electrons. The number of amides is 1. The van der Waals surface area contributed by atoms with Crippen LogP contribution in [0.4, 0.5) is 5.69 Å². The summed E-state index contributed by atoms with van der Waals surface area (Å²) in [4.78, 5) is 12.2. The van der Waals surface area contributed by atoms with Crippen LogP contribution in [0.15, 0.2) is 18.2 Å². The fourth-order valence-corrected chi connectivity index (χ4v) is 2.36. The summed E-state index contributed by atoms with van der Waals surface area (Å²) < 4.78 is 5.33. The van der Waals surface area contributed by atoms with Crippen molar-refractivity contribution in [3.8, 4) is 0 Å². The van der Waals surface area contributed by atoms with E-state index in [9.17, 15) is 4.79 Å². The number of hydrogen-bond donors (Lipinski definition) is 2. The molecule has 2 rings (SSSR count). The first-order chi connectivity index (χ1) is 9.20. The van der Waals surface area contributed by atoms with Crippen molar-refractivity contribution in [3.63, 3.8) is 0 Å². The van der Waals surface area contributed by atoms with E-state index in [1.54, 1.807) is 0 Å². The van der Waals surface area contributed by atoms with Gasteiger partial charge in [-0.3, -0.25) is 4.79 Å². The van der Waals surface area contributed by atoms with Gasteiger partial charge in [0.1, 0.15) is 0 Å². The van der Waals surface area contributed by atoms with Gasteiger partial charge >= 0.3 is 0 Å². The minimum Gasteiger partial charge on any atom is -0.387 e. The van der Waals surface area contributed by atoms with Crippen molar-refractivity contribution in [1.82, 2.24) is 5.32 Å². The van der Waals surface area contributed by atoms with E-state index in [4.69, 9.17) is 4.74 Å². The molecule has 1 atom stereocenters. The predicted octanol–water partition coefficient (Wildman–Crippen LogP) is 2.19. The molecule has 1 aliphatic heterocycles. The minimum absolute atomic E-state index is 0.00744. The Hall–Kier alpha value is -1.55. The zero-order valence-electron chi connectivity index (χ0n) is 11.7. The van der Waals surface area contributed by atoms with Gasteiger partial charge < -0.3 is 15.4 Å². The third-order valence-corrected chi connectivity index (χ3v) is 3.55. The van der Waals surface area contributed by atoms with Gasteiger partial charge in [-0.05, 0) is 37.8 Å². The van der Waals surface area contributed by atoms with Crippen LogP contribution >= 0.6 is 0 Å². The molecule has 1 aliphatic rings. The quantitative estimate of drug-likeness (QED) is 0.855. The molecule has 1 aromatic carbocycles. The standard InChI is InChI=1S/C15H22N2O2/c1-11-3-4-14(16-2)13(9-11)15(18)17-7-5-12-6-8-19-10-12/h3-4,9,12,16H,5-8,10H2,1-2H3,(H,17,18). The zero-order valence-corrected chi connectivity index (χ0v) is 11.7. The molecule has 1 fully saturated rings. The van der Waals surface area contributed by atoms with E-state index in [0.717, 1.165) is 37.3 Å². The number of benzene rings is 1. The van der Waals surface area contributed by atoms with E-state index in [-0.39, 0.29) is 5.91 Å². The average molecular weight is 262 g/mol. The number of hydrogen-bond acceptors (Lipinski definition) is 3. The number of rotatable bonds is 5. The highest BCUT2D eigenvalue weighted by molar-refractivity contribution is 5.99. The van der Waals surface area contributed by atoms with Crippen LogP contribution in [-0.2, 0) is 4.74 Å². The third kappa shape index (κ3) is 3.70. The molecule has 0 bridgehead atoms. The van der Waals surface area contributed by atoms with E-state index in [0.29, 0.717) is 18.0 Å². The fourth-order valence-electron chi connectivity index (χ4n) is 2.36. The average Bonchev–Trinajstić information content (AvgIpc) is 2.91. The third-order valence-electron chi connectivity index (χ3n) is 3.55. The lowest BCUT2D eigenvalue weighted by Crippen LogP contribution is -2.26. The molecule has 4 heteroatoms. The van der Waals surface area contributed by atoms with Gasteiger partial charge in [-0.15, -0.1) is 0 Å². The van der Waals surface area contributed by atoms with Gasteiger partial charge in [0.2, 0.25) is 0 Å². The second-order valence-electron chi connectivity index (χ2n) is 5.07. The van der Waals surface area contributed by atoms with Gasteiger partial charge in [-0.25, -0.2) is 0 Å². The molecule has 1 saturated heterocycles. The maximum absolute atomic E-state index is 12.2. The van der Waals surface area contributed by atoms with Crippen molar-refractivity contribution < 1.29 is 9.53 Å². The molecule has 0 aromatic heterocycles. The van der Waals surface area contributed by atoms with E-state index < -0.39 is 0 Å². The largest absolute Gasteiger partial charge is 0.387 e. The van der Waals surface area contributed by atoms with Crippen LogP contribution in [0.3, 0.4) is 0 Å². The summed E-state index contributed by atoms with van der Waals surface area (Å²) in [5.41, 5.74) is 2.67. The number of aryl methyl sites for hydroxylation is 1. The molecule has 0 saturated carbocycles. The summed E-state index contributed by atoms with van der Waals surface area (Å²) in [6.07, 6.45) is 2.11. The molecular formula is C15H22N2O2. The van der Waals surface area contributed by atoms with Crippen LogP contribution < -0.4 is 10.6 Å². The van der Waals surface area contributed by atoms with Crippen LogP contribution in [0, 0.1) is 12.8 Å². The highest BCUT2D eigenvalue weighted by atomic mass is 16.5. The first-order valence-corrected chi connectivity index (χ1v) is 6.85. The normalized spacial score (nSPS) is 18.3. The Kier molecular flexibility index (Phi) is 4.80. The van der Waals surface area contributed by atoms with Crippen molar-refractivity contribution in [2.45, 2.75) is 19.8 Å². The summed E-state index contributed by atoms with van der Waals surface area (Å²) in [7, 11) is 1.83. The molecule has 0 aliphatic carbocycles. The Labute approximate surface area is 114 Å². The summed E-state index contributed by atoms with van der Waals surface area (Å²) in [6.45, 7) is 4.40. The number of ether oxygens (including phenoxy) is 1. The molecule has 1 aromatic rings. The molecule has 1 amide bonds. The lowest BCUT2D eigenvalue weighted by Gasteiger charge is -2.12. The van der Waals surface area contributed by atoms with Crippen molar-refractivity contribution in [3.05, 3.63) is 29.3 Å². The molecule has 1 unspecified atom stereocenters. The lowest BCUT2D eigenvalue weighted by atomic mass is 10.0. The molecule has 2 N–H and O–H groups in total. The minimum atomic E-state index is -0.00744. The van der Waals surface area contributed by atoms with Crippen LogP contribution in [-0.4, -0.2) is 32.7 Å². The van der Waals surface area contributed by atoms with Gasteiger partial charge in [0.05, 0.1) is 5.56 Å². The molecular weight excluding hydrogens is 240 g/mol. The molecule has 19 heavy (non-hydrogen) atoms. The second-order valence-corrected chi connectivity index (χ2v) is 5.07. The van der Waals surface area contributed by atoms with Crippen molar-refractivity contribution >= 4 is 11.6 Å². The molecule has 1 heterocycles. The monoisotopic (exact) mass is 262 g/mol. The summed E-state index contributed by atoms with van der Waals surface area (Å²) in [6, 6.07) is 5.85. The first-order valence-electron chi connectivity index (χ1n) is 6.85. The highest BCUT2D eigenvalue weighted by Crippen LogP contribution is 2.18. The number of carbonyl (C=O) groups is 1. The topological polar surface area (TPSA) is 50.4 Å². The van der Waals surface area contributed by atoms with Crippen LogP contribution in [0.25, 0.3) is 0 Å². The maximum Gasteiger partial charge on any atom is 0.253 e. The number of nitrogens with one attached hydrogen (secondary N) is 2. The maximum atomic E-state index is 12.2. The van der Waals surface area contributed by atoms with Gasteiger partial charge in [0, 0.05) is 32.5 Å². The van der Waals surface area contributed by atoms with Crippen LogP contribution in [0.2, 0.25) is 0 Å². The van der Waals surface area contributed by atoms with Gasteiger partial charge in [0.25, 0.3) is 5.91 Å². The predicted molar refractivity (Wildman–Crippen MR) is 76.6 cm³/mol. The Bertz CT molecular complexity index is 440. The van der Waals surface area contributed by atoms with Crippen molar-refractivity contribution in [2.24, 2.45) is 5.92 Å². The number of anilines is 1. The summed E-state index contributed by atoms with van der Waals surface area (Å²) >= 11 is 0. The molecule has 104 valence electrons. The zero-order chi connectivity index (χ0) is 13.7. The fraction of sp³-hybridized carbons (Fsp3) is 0.533. The Balaban J connectivity index is 1.89. The van der Waals surface area contributed by atoms with Crippen molar-refractivity contribution in [1.29, 1.82) is 0 Å². The van der Waals surface area contributed by atoms with Gasteiger partial charge in [-0.1, -0.05) is 11.6 Å². The number of carbonyl (C=O) groups excluding carboxylic acids is 1. The first kappa shape index (κ1) is 13.9. The molecule has 0 spiro atoms. The van der Waals surface area contributed by atoms with E-state index in [1.165, 1.54) is 0 Å². The Morgan fingerprint density at radius 2 is 2.32 bits per heavy atom. The molecule has 4 nitrogen and oxygen atoms in total. The van der Waals surface area contributed by atoms with E-state index >= 15 is 0 Å². The lowest BCUT2D eigenvalue weighted by molar-refractivity contribution is 0.0951. The Morgan fingerprint density at radius 3 is 3.00 bits per heavy atom.